The minimum atomic E-state index is -5.44. The molecule has 0 aromatic rings. The van der Waals surface area contributed by atoms with E-state index in [-0.39, 0.29) is 48.1 Å². The number of alkyl halides is 1. The zero-order valence-corrected chi connectivity index (χ0v) is 70.0. The summed E-state index contributed by atoms with van der Waals surface area (Å²) in [6, 6.07) is -1.51. The molecule has 2 amide bonds. The molecule has 0 aliphatic carbocycles. The van der Waals surface area contributed by atoms with Crippen LogP contribution in [0.4, 0.5) is 0 Å². The molecule has 3 unspecified atom stereocenters. The Morgan fingerprint density at radius 1 is 0.404 bits per heavy atom. The number of aliphatic hydroxyl groups excluding tert-OH is 1. The Kier molecular flexibility index (Phi) is 66.7. The topological polar surface area (TPSA) is 269 Å². The lowest BCUT2D eigenvalue weighted by Gasteiger charge is -2.45. The maximum absolute atomic E-state index is 14.8. The molecule has 1 saturated heterocycles. The molecule has 0 aromatic carbocycles. The van der Waals surface area contributed by atoms with Gasteiger partial charge in [-0.15, -0.1) is 0 Å². The molecule has 19 nitrogen and oxygen atoms in total. The van der Waals surface area contributed by atoms with Crippen molar-refractivity contribution in [3.05, 3.63) is 0 Å². The Labute approximate surface area is 647 Å². The van der Waals surface area contributed by atoms with E-state index in [1.165, 1.54) is 128 Å². The molecule has 0 aromatic heterocycles. The van der Waals surface area contributed by atoms with Crippen molar-refractivity contribution in [3.8, 4) is 0 Å². The quantitative estimate of drug-likeness (QED) is 0.00946. The van der Waals surface area contributed by atoms with Crippen LogP contribution in [0.15, 0.2) is 0 Å². The molecule has 0 radical (unpaired) electrons. The van der Waals surface area contributed by atoms with Gasteiger partial charge in [0.25, 0.3) is 0 Å². The van der Waals surface area contributed by atoms with Crippen molar-refractivity contribution in [3.63, 3.8) is 0 Å². The van der Waals surface area contributed by atoms with Gasteiger partial charge in [0.15, 0.2) is 12.4 Å². The van der Waals surface area contributed by atoms with Crippen molar-refractivity contribution in [1.82, 2.24) is 10.6 Å². The molecule has 0 spiro atoms. The van der Waals surface area contributed by atoms with Crippen LogP contribution < -0.4 is 10.6 Å². The fourth-order valence-electron chi connectivity index (χ4n) is 13.8. The number of hydrogen-bond donors (Lipinski definition) is 5. The largest absolute Gasteiger partial charge is 0.470 e. The van der Waals surface area contributed by atoms with Crippen molar-refractivity contribution < 1.29 is 81.2 Å². The number of phosphoric ester groups is 1. The van der Waals surface area contributed by atoms with Gasteiger partial charge in [-0.2, -0.15) is 0 Å². The Bertz CT molecular complexity index is 2130. The summed E-state index contributed by atoms with van der Waals surface area (Å²) >= 11 is 2.22. The molecule has 104 heavy (non-hydrogen) atoms. The summed E-state index contributed by atoms with van der Waals surface area (Å²) in [6.45, 7) is 12.6. The zero-order chi connectivity index (χ0) is 76.4. The Balaban J connectivity index is 3.61. The van der Waals surface area contributed by atoms with Gasteiger partial charge in [0.1, 0.15) is 36.6 Å². The molecular weight excluding hydrogens is 1450 g/mol. The number of carbonyl (C=O) groups is 6. The summed E-state index contributed by atoms with van der Waals surface area (Å²) in [5, 5.41) is 16.9. The maximum Gasteiger partial charge on any atom is 0.470 e. The first-order valence-electron chi connectivity index (χ1n) is 43.0. The first-order chi connectivity index (χ1) is 50.4. The molecule has 612 valence electrons. The van der Waals surface area contributed by atoms with Gasteiger partial charge < -0.3 is 53.9 Å². The molecule has 1 heterocycles. The van der Waals surface area contributed by atoms with Crippen molar-refractivity contribution in [2.75, 3.05) is 19.8 Å². The number of esters is 4. The summed E-state index contributed by atoms with van der Waals surface area (Å²) < 4.78 is 55.3. The van der Waals surface area contributed by atoms with Crippen LogP contribution in [0.2, 0.25) is 0 Å². The van der Waals surface area contributed by atoms with E-state index in [9.17, 15) is 48.2 Å². The smallest absolute Gasteiger partial charge is 0.462 e. The van der Waals surface area contributed by atoms with Gasteiger partial charge in [0.2, 0.25) is 11.8 Å². The lowest BCUT2D eigenvalue weighted by Crippen LogP contribution is -2.66. The SMILES string of the molecule is CCCCCCCCCCC[C@H](CC(=O)NCCC[C@H](I)CO[C@@H]1OC(CO)[C@@H](OP(=O)(O)O)C(OC(=O)C[C@@H](CCCCCCCCCCC)OC(=O)CCCCCCCCC)C1NC(=O)C[C@@H](CCCCCCCCCCC)OC(=O)CCCCCCCCC)OC(=O)CCCCCCCCC. The molecule has 1 rings (SSSR count). The number of unbranched alkanes of at least 4 members (excludes halogenated alkanes) is 42. The van der Waals surface area contributed by atoms with E-state index in [4.69, 9.17) is 32.9 Å². The van der Waals surface area contributed by atoms with Crippen LogP contribution in [0.25, 0.3) is 0 Å². The third-order valence-corrected chi connectivity index (χ3v) is 21.6. The van der Waals surface area contributed by atoms with Crippen LogP contribution in [0.5, 0.6) is 0 Å². The van der Waals surface area contributed by atoms with Gasteiger partial charge >= 0.3 is 31.7 Å². The fourth-order valence-corrected chi connectivity index (χ4v) is 15.0. The third-order valence-electron chi connectivity index (χ3n) is 20.1. The van der Waals surface area contributed by atoms with Crippen LogP contribution in [0.3, 0.4) is 0 Å². The minimum Gasteiger partial charge on any atom is -0.462 e. The standard InChI is InChI=1S/C83H156IN2O17P/c1-7-13-19-25-31-34-40-43-49-57-70(98-76(90)60-52-46-37-28-22-16-10-4)64-74(88)85-63-55-56-69(84)68-97-83-80(86-75(89)65-71(58-50-44-41-35-32-26-20-14-8-2)99-77(91)61-53-47-38-29-23-17-11-5)82(81(73(67-87)101-83)103-104(94,95)96)102-79(93)66-72(59-51-45-42-36-33-27-21-15-9-3)100-78(92)62-54-48-39-30-24-18-12-6/h69-73,80-83,87H,7-68H2,1-6H3,(H,85,88)(H,86,89)(H2,94,95,96)/t69-,70+,71+,72+,73?,80?,81+,82?,83+/m0/s1. The predicted octanol–water partition coefficient (Wildman–Crippen LogP) is 21.4. The summed E-state index contributed by atoms with van der Waals surface area (Å²) in [5.41, 5.74) is 0. The van der Waals surface area contributed by atoms with E-state index in [0.29, 0.717) is 70.8 Å². The predicted molar refractivity (Wildman–Crippen MR) is 427 cm³/mol. The Morgan fingerprint density at radius 3 is 1.06 bits per heavy atom. The number of amides is 2. The molecule has 21 heteroatoms. The molecule has 9 atom stereocenters. The van der Waals surface area contributed by atoms with Crippen LogP contribution in [0.1, 0.15) is 420 Å². The monoisotopic (exact) mass is 1610 g/mol. The van der Waals surface area contributed by atoms with Gasteiger partial charge in [-0.25, -0.2) is 4.57 Å². The molecule has 1 fully saturated rings. The van der Waals surface area contributed by atoms with Crippen LogP contribution >= 0.6 is 30.4 Å². The zero-order valence-electron chi connectivity index (χ0n) is 66.9. The van der Waals surface area contributed by atoms with Crippen LogP contribution in [0, 0.1) is 0 Å². The van der Waals surface area contributed by atoms with E-state index in [0.717, 1.165) is 154 Å². The molecular formula is C83H156IN2O17P. The number of nitrogens with one attached hydrogen (secondary N) is 2. The maximum atomic E-state index is 14.8. The number of aliphatic hydroxyl groups is 1. The lowest BCUT2D eigenvalue weighted by molar-refractivity contribution is -0.270. The summed E-state index contributed by atoms with van der Waals surface area (Å²) in [6.07, 6.45) is 44.9. The average Bonchev–Trinajstić information content (AvgIpc) is 0.781. The van der Waals surface area contributed by atoms with Crippen LogP contribution in [-0.4, -0.2) is 123 Å². The molecule has 5 N–H and O–H groups in total. The summed E-state index contributed by atoms with van der Waals surface area (Å²) in [4.78, 5) is 104. The van der Waals surface area contributed by atoms with Crippen molar-refractivity contribution in [2.45, 2.75) is 473 Å². The second-order valence-corrected chi connectivity index (χ2v) is 33.1. The third kappa shape index (κ3) is 58.5. The summed E-state index contributed by atoms with van der Waals surface area (Å²) in [7, 11) is -5.44. The molecule has 1 aliphatic heterocycles. The van der Waals surface area contributed by atoms with Crippen LogP contribution in [-0.2, 0) is 66.3 Å². The van der Waals surface area contributed by atoms with Crippen molar-refractivity contribution in [1.29, 1.82) is 0 Å². The lowest BCUT2D eigenvalue weighted by atomic mass is 9.95. The van der Waals surface area contributed by atoms with Crippen molar-refractivity contribution >= 4 is 66.1 Å². The highest BCUT2D eigenvalue weighted by Crippen LogP contribution is 2.43. The van der Waals surface area contributed by atoms with Gasteiger partial charge in [-0.05, 0) is 70.6 Å². The average molecular weight is 1610 g/mol. The first kappa shape index (κ1) is 99.5. The number of halogens is 1. The minimum absolute atomic E-state index is 0.0170. The van der Waals surface area contributed by atoms with E-state index in [1.54, 1.807) is 0 Å². The van der Waals surface area contributed by atoms with Gasteiger partial charge in [0.05, 0.1) is 32.5 Å². The second-order valence-electron chi connectivity index (χ2n) is 30.2. The summed E-state index contributed by atoms with van der Waals surface area (Å²) in [5.74, 6) is -2.84. The molecule has 0 saturated carbocycles. The van der Waals surface area contributed by atoms with E-state index >= 15 is 0 Å². The normalized spacial score (nSPS) is 17.3. The van der Waals surface area contributed by atoms with E-state index in [2.05, 4.69) is 74.8 Å². The highest BCUT2D eigenvalue weighted by atomic mass is 127. The molecule has 0 bridgehead atoms. The van der Waals surface area contributed by atoms with Gasteiger partial charge in [-0.1, -0.05) is 334 Å². The molecule has 1 aliphatic rings. The van der Waals surface area contributed by atoms with E-state index in [1.807, 2.05) is 0 Å². The number of hydrogen-bond acceptors (Lipinski definition) is 15. The highest BCUT2D eigenvalue weighted by molar-refractivity contribution is 14.1. The number of phosphoric acid groups is 1. The fraction of sp³-hybridized carbons (Fsp3) is 0.928. The van der Waals surface area contributed by atoms with Crippen molar-refractivity contribution in [2.24, 2.45) is 0 Å². The van der Waals surface area contributed by atoms with Gasteiger partial charge in [-0.3, -0.25) is 33.3 Å². The second kappa shape index (κ2) is 69.7. The number of ether oxygens (including phenoxy) is 6. The first-order valence-corrected chi connectivity index (χ1v) is 45.8. The number of carbonyl (C=O) groups excluding carboxylic acids is 6. The highest BCUT2D eigenvalue weighted by Gasteiger charge is 2.52. The van der Waals surface area contributed by atoms with Gasteiger partial charge in [0, 0.05) is 29.7 Å². The Hall–Kier alpha value is -2.46. The number of rotatable bonds is 75. The Morgan fingerprint density at radius 2 is 0.721 bits per heavy atom. The van der Waals surface area contributed by atoms with E-state index < -0.39 is 93.6 Å².